The average Bonchev–Trinajstić information content (AvgIpc) is 3.31. The van der Waals surface area contributed by atoms with Crippen LogP contribution >= 0.6 is 0 Å². The maximum absolute atomic E-state index is 12.9. The molecule has 1 aliphatic carbocycles. The normalized spacial score (nSPS) is 16.9. The fourth-order valence-electron chi connectivity index (χ4n) is 3.10. The second-order valence-corrected chi connectivity index (χ2v) is 6.71. The number of amides is 1. The van der Waals surface area contributed by atoms with Gasteiger partial charge < -0.3 is 5.32 Å². The minimum Gasteiger partial charge on any atom is -0.345 e. The predicted octanol–water partition coefficient (Wildman–Crippen LogP) is 3.40. The molecule has 0 saturated heterocycles. The minimum absolute atomic E-state index is 0.0696. The van der Waals surface area contributed by atoms with E-state index in [1.807, 2.05) is 49.3 Å². The summed E-state index contributed by atoms with van der Waals surface area (Å²) in [5.74, 6) is 0.0696. The number of carbonyl (C=O) groups is 1. The largest absolute Gasteiger partial charge is 0.345 e. The highest BCUT2D eigenvalue weighted by Crippen LogP contribution is 2.45. The number of benzene rings is 2. The van der Waals surface area contributed by atoms with Crippen molar-refractivity contribution >= 4 is 5.91 Å². The highest BCUT2D eigenvalue weighted by atomic mass is 16.2. The minimum atomic E-state index is -0.267. The van der Waals surface area contributed by atoms with Crippen molar-refractivity contribution in [2.75, 3.05) is 14.1 Å². The number of hydrogen-bond acceptors (Lipinski definition) is 2. The maximum atomic E-state index is 12.9. The third-order valence-electron chi connectivity index (χ3n) is 4.60. The lowest BCUT2D eigenvalue weighted by molar-refractivity contribution is -0.126. The molecule has 1 aliphatic rings. The van der Waals surface area contributed by atoms with E-state index in [9.17, 15) is 4.79 Å². The Labute approximate surface area is 138 Å². The van der Waals surface area contributed by atoms with E-state index in [2.05, 4.69) is 36.5 Å². The molecule has 1 fully saturated rings. The molecule has 1 amide bonds. The van der Waals surface area contributed by atoms with Gasteiger partial charge >= 0.3 is 0 Å². The van der Waals surface area contributed by atoms with Crippen LogP contribution in [-0.2, 0) is 10.3 Å². The molecule has 0 aromatic heterocycles. The van der Waals surface area contributed by atoms with Gasteiger partial charge in [-0.3, -0.25) is 9.69 Å². The van der Waals surface area contributed by atoms with E-state index in [0.717, 1.165) is 18.4 Å². The average molecular weight is 308 g/mol. The van der Waals surface area contributed by atoms with Gasteiger partial charge in [0, 0.05) is 0 Å². The summed E-state index contributed by atoms with van der Waals surface area (Å²) in [6.45, 7) is 2.06. The molecule has 2 aromatic rings. The van der Waals surface area contributed by atoms with Gasteiger partial charge in [0.25, 0.3) is 0 Å². The molecule has 3 rings (SSSR count). The summed E-state index contributed by atoms with van der Waals surface area (Å²) >= 11 is 0. The van der Waals surface area contributed by atoms with Gasteiger partial charge in [-0.2, -0.15) is 0 Å². The van der Waals surface area contributed by atoms with Gasteiger partial charge in [0.05, 0.1) is 5.54 Å². The monoisotopic (exact) mass is 308 g/mol. The van der Waals surface area contributed by atoms with Crippen LogP contribution in [0.1, 0.15) is 35.6 Å². The zero-order valence-corrected chi connectivity index (χ0v) is 14.0. The molecular formula is C20H24N2O. The van der Waals surface area contributed by atoms with Crippen molar-refractivity contribution < 1.29 is 4.79 Å². The summed E-state index contributed by atoms with van der Waals surface area (Å²) in [6, 6.07) is 18.2. The van der Waals surface area contributed by atoms with Gasteiger partial charge in [0.1, 0.15) is 6.04 Å². The van der Waals surface area contributed by atoms with Crippen LogP contribution < -0.4 is 5.32 Å². The van der Waals surface area contributed by atoms with E-state index in [1.54, 1.807) is 0 Å². The van der Waals surface area contributed by atoms with Gasteiger partial charge in [-0.15, -0.1) is 0 Å². The van der Waals surface area contributed by atoms with Crippen molar-refractivity contribution in [3.63, 3.8) is 0 Å². The molecular weight excluding hydrogens is 284 g/mol. The van der Waals surface area contributed by atoms with Gasteiger partial charge in [-0.25, -0.2) is 0 Å². The topological polar surface area (TPSA) is 32.3 Å². The SMILES string of the molecule is Cc1ccc([C@@H](C(=O)NC2(c3ccccc3)CC2)N(C)C)cc1. The summed E-state index contributed by atoms with van der Waals surface area (Å²) in [5, 5.41) is 3.30. The number of hydrogen-bond donors (Lipinski definition) is 1. The molecule has 0 unspecified atom stereocenters. The Morgan fingerprint density at radius 1 is 1.04 bits per heavy atom. The fourth-order valence-corrected chi connectivity index (χ4v) is 3.10. The molecule has 3 nitrogen and oxygen atoms in total. The summed E-state index contributed by atoms with van der Waals surface area (Å²) in [5.41, 5.74) is 3.27. The fraction of sp³-hybridized carbons (Fsp3) is 0.350. The molecule has 0 heterocycles. The smallest absolute Gasteiger partial charge is 0.242 e. The zero-order valence-electron chi connectivity index (χ0n) is 14.0. The first kappa shape index (κ1) is 15.8. The second-order valence-electron chi connectivity index (χ2n) is 6.71. The quantitative estimate of drug-likeness (QED) is 0.918. The summed E-state index contributed by atoms with van der Waals surface area (Å²) < 4.78 is 0. The van der Waals surface area contributed by atoms with Crippen LogP contribution in [0.25, 0.3) is 0 Å². The van der Waals surface area contributed by atoms with E-state index < -0.39 is 0 Å². The molecule has 3 heteroatoms. The van der Waals surface area contributed by atoms with Gasteiger partial charge in [-0.1, -0.05) is 60.2 Å². The Morgan fingerprint density at radius 2 is 1.65 bits per heavy atom. The third-order valence-corrected chi connectivity index (χ3v) is 4.60. The van der Waals surface area contributed by atoms with E-state index in [4.69, 9.17) is 0 Å². The van der Waals surface area contributed by atoms with Crippen molar-refractivity contribution in [2.45, 2.75) is 31.3 Å². The predicted molar refractivity (Wildman–Crippen MR) is 93.1 cm³/mol. The van der Waals surface area contributed by atoms with Crippen LogP contribution in [0.2, 0.25) is 0 Å². The Kier molecular flexibility index (Phi) is 4.22. The Bertz CT molecular complexity index is 673. The molecule has 120 valence electrons. The zero-order chi connectivity index (χ0) is 16.4. The molecule has 0 bridgehead atoms. The van der Waals surface area contributed by atoms with E-state index >= 15 is 0 Å². The number of likely N-dealkylation sites (N-methyl/N-ethyl adjacent to an activating group) is 1. The van der Waals surface area contributed by atoms with Crippen LogP contribution in [0.15, 0.2) is 54.6 Å². The number of rotatable bonds is 5. The van der Waals surface area contributed by atoms with Crippen LogP contribution in [0.4, 0.5) is 0 Å². The molecule has 2 aromatic carbocycles. The number of nitrogens with one attached hydrogen (secondary N) is 1. The lowest BCUT2D eigenvalue weighted by Gasteiger charge is -2.27. The van der Waals surface area contributed by atoms with Crippen molar-refractivity contribution in [3.8, 4) is 0 Å². The van der Waals surface area contributed by atoms with Gasteiger partial charge in [-0.05, 0) is 45.0 Å². The molecule has 0 radical (unpaired) electrons. The molecule has 0 spiro atoms. The second kappa shape index (κ2) is 6.17. The van der Waals surface area contributed by atoms with Crippen molar-refractivity contribution in [2.24, 2.45) is 0 Å². The first-order valence-electron chi connectivity index (χ1n) is 8.12. The lowest BCUT2D eigenvalue weighted by atomic mass is 10.0. The lowest BCUT2D eigenvalue weighted by Crippen LogP contribution is -2.42. The third kappa shape index (κ3) is 3.30. The first-order chi connectivity index (χ1) is 11.0. The molecule has 1 saturated carbocycles. The molecule has 0 aliphatic heterocycles. The maximum Gasteiger partial charge on any atom is 0.242 e. The first-order valence-corrected chi connectivity index (χ1v) is 8.12. The van der Waals surface area contributed by atoms with Crippen LogP contribution in [0.5, 0.6) is 0 Å². The summed E-state index contributed by atoms with van der Waals surface area (Å²) in [4.78, 5) is 14.9. The molecule has 1 N–H and O–H groups in total. The van der Waals surface area contributed by atoms with E-state index in [-0.39, 0.29) is 17.5 Å². The Hall–Kier alpha value is -2.13. The summed E-state index contributed by atoms with van der Waals surface area (Å²) in [7, 11) is 3.90. The van der Waals surface area contributed by atoms with Crippen LogP contribution in [-0.4, -0.2) is 24.9 Å². The number of nitrogens with zero attached hydrogens (tertiary/aromatic N) is 1. The molecule has 23 heavy (non-hydrogen) atoms. The number of aryl methyl sites for hydroxylation is 1. The van der Waals surface area contributed by atoms with Crippen LogP contribution in [0.3, 0.4) is 0 Å². The van der Waals surface area contributed by atoms with Crippen molar-refractivity contribution in [3.05, 3.63) is 71.3 Å². The summed E-state index contributed by atoms with van der Waals surface area (Å²) in [6.07, 6.45) is 2.02. The van der Waals surface area contributed by atoms with Crippen molar-refractivity contribution in [1.82, 2.24) is 10.2 Å². The standard InChI is InChI=1S/C20H24N2O/c1-15-9-11-16(12-10-15)18(22(2)3)19(23)21-20(13-14-20)17-7-5-4-6-8-17/h4-12,18H,13-14H2,1-3H3,(H,21,23)/t18-/m0/s1. The number of carbonyl (C=O) groups excluding carboxylic acids is 1. The molecule has 1 atom stereocenters. The Morgan fingerprint density at radius 3 is 2.17 bits per heavy atom. The Balaban J connectivity index is 1.81. The van der Waals surface area contributed by atoms with Crippen molar-refractivity contribution in [1.29, 1.82) is 0 Å². The van der Waals surface area contributed by atoms with Crippen LogP contribution in [0, 0.1) is 6.92 Å². The highest BCUT2D eigenvalue weighted by molar-refractivity contribution is 5.84. The van der Waals surface area contributed by atoms with E-state index in [0.29, 0.717) is 0 Å². The van der Waals surface area contributed by atoms with Gasteiger partial charge in [0.2, 0.25) is 5.91 Å². The van der Waals surface area contributed by atoms with Gasteiger partial charge in [0.15, 0.2) is 0 Å². The highest BCUT2D eigenvalue weighted by Gasteiger charge is 2.46. The van der Waals surface area contributed by atoms with E-state index in [1.165, 1.54) is 11.1 Å².